The van der Waals surface area contributed by atoms with Crippen molar-refractivity contribution in [3.05, 3.63) is 0 Å². The van der Waals surface area contributed by atoms with Crippen molar-refractivity contribution >= 4 is 14.5 Å². The number of aliphatic hydroxyl groups excluding tert-OH is 3. The lowest BCUT2D eigenvalue weighted by atomic mass is 10.1. The zero-order valence-corrected chi connectivity index (χ0v) is 18.5. The van der Waals surface area contributed by atoms with Gasteiger partial charge in [0.05, 0.1) is 24.6 Å². The number of unbranched alkanes of at least 4 members (excludes halogenated alkanes) is 7. The maximum atomic E-state index is 9.75. The lowest BCUT2D eigenvalue weighted by molar-refractivity contribution is 0.292. The summed E-state index contributed by atoms with van der Waals surface area (Å²) in [5.74, 6) is 0. The molecule has 0 aliphatic rings. The van der Waals surface area contributed by atoms with Gasteiger partial charge in [0.15, 0.2) is 0 Å². The van der Waals surface area contributed by atoms with Crippen LogP contribution in [0.2, 0.25) is 0 Å². The molecule has 28 heavy (non-hydrogen) atoms. The van der Waals surface area contributed by atoms with E-state index in [2.05, 4.69) is 6.92 Å². The van der Waals surface area contributed by atoms with Crippen LogP contribution in [0.1, 0.15) is 77.6 Å². The van der Waals surface area contributed by atoms with Crippen LogP contribution in [0.5, 0.6) is 0 Å². The quantitative estimate of drug-likeness (QED) is 0.114. The fraction of sp³-hybridized carbons (Fsp3) is 1.00. The van der Waals surface area contributed by atoms with Crippen LogP contribution in [0.3, 0.4) is 0 Å². The molecule has 0 radical (unpaired) electrons. The smallest absolute Gasteiger partial charge is 0.418 e. The number of rotatable bonds is 18. The van der Waals surface area contributed by atoms with Gasteiger partial charge >= 0.3 is 7.25 Å². The van der Waals surface area contributed by atoms with Crippen molar-refractivity contribution in [2.24, 2.45) is 0 Å². The number of hydrogen-bond acceptors (Lipinski definition) is 3. The van der Waals surface area contributed by atoms with E-state index in [0.29, 0.717) is 0 Å². The second-order valence-electron chi connectivity index (χ2n) is 7.44. The molecule has 0 atom stereocenters. The van der Waals surface area contributed by atoms with Crippen LogP contribution in [-0.2, 0) is 0 Å². The first-order valence-corrected chi connectivity index (χ1v) is 13.3. The second kappa shape index (κ2) is 20.4. The number of hydrogen-bond donors (Lipinski definition) is 3. The Morgan fingerprint density at radius 2 is 0.821 bits per heavy atom. The molecule has 0 saturated heterocycles. The van der Waals surface area contributed by atoms with Gasteiger partial charge in [-0.15, -0.1) is 0 Å². The summed E-state index contributed by atoms with van der Waals surface area (Å²) in [5, 5.41) is 27.6. The molecule has 0 aromatic rings. The van der Waals surface area contributed by atoms with Crippen LogP contribution in [0.25, 0.3) is 0 Å². The highest BCUT2D eigenvalue weighted by molar-refractivity contribution is 7.75. The Hall–Kier alpha value is 0.0949. The minimum atomic E-state index is -6.00. The van der Waals surface area contributed by atoms with E-state index in [-0.39, 0.29) is 19.8 Å². The Kier molecular flexibility index (Phi) is 22.0. The Balaban J connectivity index is 0. The summed E-state index contributed by atoms with van der Waals surface area (Å²) in [6.07, 6.45) is 18.2. The second-order valence-corrected chi connectivity index (χ2v) is 11.9. The Morgan fingerprint density at radius 1 is 0.536 bits per heavy atom. The van der Waals surface area contributed by atoms with E-state index in [9.17, 15) is 32.6 Å². The Morgan fingerprint density at radius 3 is 1.14 bits per heavy atom. The maximum absolute atomic E-state index is 9.75. The van der Waals surface area contributed by atoms with Crippen molar-refractivity contribution < 1.29 is 32.6 Å². The fourth-order valence-corrected chi connectivity index (χ4v) is 8.14. The highest BCUT2D eigenvalue weighted by Gasteiger charge is 2.34. The van der Waals surface area contributed by atoms with E-state index in [1.165, 1.54) is 57.5 Å². The van der Waals surface area contributed by atoms with Gasteiger partial charge in [0.25, 0.3) is 0 Å². The van der Waals surface area contributed by atoms with Crippen molar-refractivity contribution in [3.63, 3.8) is 0 Å². The predicted octanol–water partition coefficient (Wildman–Crippen LogP) is 5.59. The molecule has 0 aliphatic carbocycles. The molecule has 0 saturated carbocycles. The van der Waals surface area contributed by atoms with E-state index >= 15 is 0 Å². The molecular formula is C19H42BF4O3P. The molecule has 3 nitrogen and oxygen atoms in total. The average Bonchev–Trinajstić information content (AvgIpc) is 2.63. The fourth-order valence-electron chi connectivity index (χ4n) is 3.47. The molecule has 0 aromatic carbocycles. The molecule has 0 spiro atoms. The minimum absolute atomic E-state index is 0.275. The molecule has 0 aliphatic heterocycles. The zero-order valence-electron chi connectivity index (χ0n) is 17.6. The van der Waals surface area contributed by atoms with Crippen molar-refractivity contribution in [1.82, 2.24) is 0 Å². The number of aliphatic hydroxyl groups is 3. The highest BCUT2D eigenvalue weighted by atomic mass is 31.2. The van der Waals surface area contributed by atoms with Crippen LogP contribution in [-0.4, -0.2) is 67.0 Å². The van der Waals surface area contributed by atoms with Gasteiger partial charge in [-0.1, -0.05) is 45.4 Å². The van der Waals surface area contributed by atoms with Crippen LogP contribution in [0.4, 0.5) is 17.3 Å². The van der Waals surface area contributed by atoms with E-state index in [0.717, 1.165) is 37.7 Å². The summed E-state index contributed by atoms with van der Waals surface area (Å²) in [4.78, 5) is 0. The molecule has 0 unspecified atom stereocenters. The summed E-state index contributed by atoms with van der Waals surface area (Å²) in [6.45, 7) is 3.08. The lowest BCUT2D eigenvalue weighted by Crippen LogP contribution is -2.15. The van der Waals surface area contributed by atoms with Gasteiger partial charge in [0.2, 0.25) is 0 Å². The van der Waals surface area contributed by atoms with E-state index in [4.69, 9.17) is 0 Å². The minimum Gasteiger partial charge on any atom is -0.418 e. The van der Waals surface area contributed by atoms with Crippen molar-refractivity contribution in [1.29, 1.82) is 0 Å². The van der Waals surface area contributed by atoms with Crippen LogP contribution in [0.15, 0.2) is 0 Å². The van der Waals surface area contributed by atoms with Crippen molar-refractivity contribution in [2.75, 3.05) is 44.5 Å². The average molecular weight is 436 g/mol. The van der Waals surface area contributed by atoms with Crippen molar-refractivity contribution in [2.45, 2.75) is 77.6 Å². The summed E-state index contributed by atoms with van der Waals surface area (Å²) in [5.41, 5.74) is 0. The molecule has 0 rings (SSSR count). The zero-order chi connectivity index (χ0) is 21.7. The van der Waals surface area contributed by atoms with Gasteiger partial charge in [-0.05, 0) is 12.8 Å². The first-order valence-electron chi connectivity index (χ1n) is 10.8. The first kappa shape index (κ1) is 30.3. The molecule has 172 valence electrons. The summed E-state index contributed by atoms with van der Waals surface area (Å²) < 4.78 is 39.0. The normalized spacial score (nSPS) is 12.0. The molecular weight excluding hydrogens is 394 g/mol. The molecule has 0 heterocycles. The molecule has 9 heteroatoms. The van der Waals surface area contributed by atoms with Gasteiger partial charge in [-0.25, -0.2) is 0 Å². The predicted molar refractivity (Wildman–Crippen MR) is 114 cm³/mol. The van der Waals surface area contributed by atoms with Crippen LogP contribution in [0, 0.1) is 0 Å². The Labute approximate surface area is 169 Å². The monoisotopic (exact) mass is 436 g/mol. The van der Waals surface area contributed by atoms with Gasteiger partial charge in [0, 0.05) is 46.3 Å². The standard InChI is InChI=1S/C19H42O3P.BF4/c1-2-3-4-5-6-7-8-9-16-23(17-10-13-20,18-11-14-21)19-12-15-22;2-1(3,4)5/h20-22H,2-19H2,1H3;/q+1;-1. The largest absolute Gasteiger partial charge is 0.673 e. The lowest BCUT2D eigenvalue weighted by Gasteiger charge is -2.27. The molecule has 3 N–H and O–H groups in total. The Bertz CT molecular complexity index is 296. The van der Waals surface area contributed by atoms with E-state index in [1.54, 1.807) is 0 Å². The summed E-state index contributed by atoms with van der Waals surface area (Å²) >= 11 is 0. The van der Waals surface area contributed by atoms with Gasteiger partial charge in [0.1, 0.15) is 0 Å². The molecule has 0 bridgehead atoms. The topological polar surface area (TPSA) is 60.7 Å². The van der Waals surface area contributed by atoms with E-state index in [1.807, 2.05) is 0 Å². The van der Waals surface area contributed by atoms with Gasteiger partial charge in [-0.2, -0.15) is 0 Å². The molecule has 0 amide bonds. The van der Waals surface area contributed by atoms with Gasteiger partial charge in [-0.3, -0.25) is 0 Å². The molecule has 0 fully saturated rings. The van der Waals surface area contributed by atoms with E-state index < -0.39 is 14.5 Å². The maximum Gasteiger partial charge on any atom is 0.673 e. The molecule has 0 aromatic heterocycles. The van der Waals surface area contributed by atoms with Crippen LogP contribution < -0.4 is 0 Å². The highest BCUT2D eigenvalue weighted by Crippen LogP contribution is 2.60. The first-order chi connectivity index (χ1) is 13.2. The van der Waals surface area contributed by atoms with Gasteiger partial charge < -0.3 is 32.6 Å². The SMILES string of the molecule is CCCCCCCCCC[P+](CCCO)(CCCO)CCCO.F[B-](F)(F)F. The summed E-state index contributed by atoms with van der Waals surface area (Å²) in [7, 11) is -7.09. The third-order valence-electron chi connectivity index (χ3n) is 4.86. The number of halogens is 4. The summed E-state index contributed by atoms with van der Waals surface area (Å²) in [6, 6.07) is 0. The third kappa shape index (κ3) is 24.1. The van der Waals surface area contributed by atoms with Crippen molar-refractivity contribution in [3.8, 4) is 0 Å². The van der Waals surface area contributed by atoms with Crippen LogP contribution >= 0.6 is 7.26 Å². The third-order valence-corrected chi connectivity index (χ3v) is 9.92.